The third-order valence-electron chi connectivity index (χ3n) is 0.599. The fraction of sp³-hybridized carbons (Fsp3) is 0.500. The third kappa shape index (κ3) is 3.12. The molecule has 0 aromatic rings. The van der Waals surface area contributed by atoms with Crippen LogP contribution in [-0.4, -0.2) is 11.7 Å². The largest absolute Gasteiger partial charge is 0.514 e. The number of rotatable bonds is 2. The van der Waals surface area contributed by atoms with Gasteiger partial charge in [0.2, 0.25) is 0 Å². The van der Waals surface area contributed by atoms with E-state index in [0.29, 0.717) is 18.7 Å². The van der Waals surface area contributed by atoms with Crippen LogP contribution < -0.4 is 11.5 Å². The molecule has 0 aliphatic heterocycles. The molecule has 0 aromatic carbocycles. The maximum Gasteiger partial charge on any atom is 0.0979 e. The minimum absolute atomic E-state index is 0.433. The van der Waals surface area contributed by atoms with Gasteiger partial charge in [-0.25, -0.2) is 0 Å². The molecule has 3 heteroatoms. The quantitative estimate of drug-likeness (QED) is 0.419. The summed E-state index contributed by atoms with van der Waals surface area (Å²) in [5.74, 6) is 0. The molecule has 0 aromatic heterocycles. The first-order chi connectivity index (χ1) is 3.31. The Bertz CT molecular complexity index is 70.1. The van der Waals surface area contributed by atoms with Gasteiger partial charge in [-0.05, 0) is 6.54 Å². The van der Waals surface area contributed by atoms with E-state index in [1.807, 2.05) is 0 Å². The van der Waals surface area contributed by atoms with Crippen LogP contribution in [-0.2, 0) is 0 Å². The van der Waals surface area contributed by atoms with E-state index in [2.05, 4.69) is 0 Å². The molecule has 0 aliphatic rings. The summed E-state index contributed by atoms with van der Waals surface area (Å²) in [5.41, 5.74) is 10.6. The fourth-order valence-electron chi connectivity index (χ4n) is 0.231. The number of aliphatic hydroxyl groups excluding tert-OH is 1. The Morgan fingerprint density at radius 1 is 1.71 bits per heavy atom. The van der Waals surface area contributed by atoms with E-state index >= 15 is 0 Å². The smallest absolute Gasteiger partial charge is 0.0979 e. The summed E-state index contributed by atoms with van der Waals surface area (Å²) in [7, 11) is 0. The molecule has 0 fully saturated rings. The molecular weight excluding hydrogens is 92.1 g/mol. The summed E-state index contributed by atoms with van der Waals surface area (Å²) in [6, 6.07) is 0. The number of hydrogen-bond acceptors (Lipinski definition) is 3. The average Bonchev–Trinajstić information content (AvgIpc) is 1.68. The zero-order valence-electron chi connectivity index (χ0n) is 4.09. The number of aliphatic hydroxyl groups is 1. The fourth-order valence-corrected chi connectivity index (χ4v) is 0.231. The molecule has 3 nitrogen and oxygen atoms in total. The lowest BCUT2D eigenvalue weighted by molar-refractivity contribution is 0.463. The van der Waals surface area contributed by atoms with Crippen LogP contribution in [0, 0.1) is 0 Å². The van der Waals surface area contributed by atoms with Gasteiger partial charge in [0.05, 0.1) is 6.26 Å². The summed E-state index contributed by atoms with van der Waals surface area (Å²) in [6.45, 7) is 0.489. The Balaban J connectivity index is 3.17. The van der Waals surface area contributed by atoms with Gasteiger partial charge in [0, 0.05) is 12.1 Å². The molecule has 0 spiro atoms. The van der Waals surface area contributed by atoms with E-state index in [0.717, 1.165) is 6.26 Å². The minimum atomic E-state index is 0.433. The van der Waals surface area contributed by atoms with E-state index in [9.17, 15) is 0 Å². The lowest BCUT2D eigenvalue weighted by Crippen LogP contribution is -2.05. The van der Waals surface area contributed by atoms with Crippen molar-refractivity contribution in [3.8, 4) is 0 Å². The highest BCUT2D eigenvalue weighted by molar-refractivity contribution is 4.89. The highest BCUT2D eigenvalue weighted by Gasteiger charge is 1.82. The van der Waals surface area contributed by atoms with Crippen LogP contribution in [0.15, 0.2) is 12.0 Å². The van der Waals surface area contributed by atoms with Gasteiger partial charge in [-0.1, -0.05) is 0 Å². The summed E-state index contributed by atoms with van der Waals surface area (Å²) in [5, 5.41) is 8.12. The van der Waals surface area contributed by atoms with Gasteiger partial charge in [0.25, 0.3) is 0 Å². The summed E-state index contributed by atoms with van der Waals surface area (Å²) in [6.07, 6.45) is 1.43. The molecule has 0 unspecified atom stereocenters. The van der Waals surface area contributed by atoms with Crippen LogP contribution in [0.2, 0.25) is 0 Å². The monoisotopic (exact) mass is 102 g/mol. The first kappa shape index (κ1) is 6.30. The van der Waals surface area contributed by atoms with E-state index in [1.165, 1.54) is 0 Å². The van der Waals surface area contributed by atoms with Crippen molar-refractivity contribution < 1.29 is 5.11 Å². The first-order valence-corrected chi connectivity index (χ1v) is 2.10. The van der Waals surface area contributed by atoms with Crippen molar-refractivity contribution in [2.24, 2.45) is 11.5 Å². The Labute approximate surface area is 42.6 Å². The van der Waals surface area contributed by atoms with Crippen molar-refractivity contribution in [2.45, 2.75) is 6.42 Å². The van der Waals surface area contributed by atoms with Crippen LogP contribution >= 0.6 is 0 Å². The van der Waals surface area contributed by atoms with Crippen LogP contribution in [0.3, 0.4) is 0 Å². The standard InChI is InChI=1S/C4H10N2O/c5-2-1-4(6)3-7/h3,7H,1-2,5-6H2. The lowest BCUT2D eigenvalue weighted by atomic mass is 10.3. The van der Waals surface area contributed by atoms with Crippen molar-refractivity contribution in [2.75, 3.05) is 6.54 Å². The number of nitrogens with two attached hydrogens (primary N) is 2. The van der Waals surface area contributed by atoms with Gasteiger partial charge in [-0.3, -0.25) is 0 Å². The SMILES string of the molecule is NCCC(N)=CO. The maximum atomic E-state index is 8.12. The second-order valence-electron chi connectivity index (χ2n) is 1.24. The molecule has 0 heterocycles. The third-order valence-corrected chi connectivity index (χ3v) is 0.599. The van der Waals surface area contributed by atoms with Gasteiger partial charge >= 0.3 is 0 Å². The van der Waals surface area contributed by atoms with Gasteiger partial charge in [-0.15, -0.1) is 0 Å². The van der Waals surface area contributed by atoms with Crippen LogP contribution in [0.25, 0.3) is 0 Å². The zero-order valence-corrected chi connectivity index (χ0v) is 4.09. The molecule has 0 saturated heterocycles. The Morgan fingerprint density at radius 2 is 2.29 bits per heavy atom. The molecule has 0 saturated carbocycles. The number of hydrogen-bond donors (Lipinski definition) is 3. The van der Waals surface area contributed by atoms with E-state index in [1.54, 1.807) is 0 Å². The van der Waals surface area contributed by atoms with E-state index in [-0.39, 0.29) is 0 Å². The summed E-state index contributed by atoms with van der Waals surface area (Å²) >= 11 is 0. The minimum Gasteiger partial charge on any atom is -0.514 e. The average molecular weight is 102 g/mol. The first-order valence-electron chi connectivity index (χ1n) is 2.10. The predicted molar refractivity (Wildman–Crippen MR) is 28.6 cm³/mol. The summed E-state index contributed by atoms with van der Waals surface area (Å²) < 4.78 is 0. The van der Waals surface area contributed by atoms with Gasteiger partial charge in [0.1, 0.15) is 0 Å². The van der Waals surface area contributed by atoms with Crippen molar-refractivity contribution in [3.05, 3.63) is 12.0 Å². The van der Waals surface area contributed by atoms with Crippen molar-refractivity contribution in [1.82, 2.24) is 0 Å². The van der Waals surface area contributed by atoms with Gasteiger partial charge < -0.3 is 16.6 Å². The lowest BCUT2D eigenvalue weighted by Gasteiger charge is -1.90. The van der Waals surface area contributed by atoms with Gasteiger partial charge in [0.15, 0.2) is 0 Å². The summed E-state index contributed by atoms with van der Waals surface area (Å²) in [4.78, 5) is 0. The second-order valence-corrected chi connectivity index (χ2v) is 1.24. The highest BCUT2D eigenvalue weighted by atomic mass is 16.2. The normalized spacial score (nSPS) is 11.9. The molecule has 0 aliphatic carbocycles. The molecule has 0 radical (unpaired) electrons. The zero-order chi connectivity index (χ0) is 5.70. The Morgan fingerprint density at radius 3 is 2.43 bits per heavy atom. The van der Waals surface area contributed by atoms with E-state index in [4.69, 9.17) is 16.6 Å². The van der Waals surface area contributed by atoms with E-state index < -0.39 is 0 Å². The molecule has 42 valence electrons. The molecule has 0 amide bonds. The maximum absolute atomic E-state index is 8.12. The Kier molecular flexibility index (Phi) is 3.14. The van der Waals surface area contributed by atoms with Crippen molar-refractivity contribution in [3.63, 3.8) is 0 Å². The highest BCUT2D eigenvalue weighted by Crippen LogP contribution is 1.84. The second kappa shape index (κ2) is 3.49. The van der Waals surface area contributed by atoms with Gasteiger partial charge in [-0.2, -0.15) is 0 Å². The molecule has 0 rings (SSSR count). The van der Waals surface area contributed by atoms with Crippen LogP contribution in [0.1, 0.15) is 6.42 Å². The molecule has 7 heavy (non-hydrogen) atoms. The topological polar surface area (TPSA) is 72.3 Å². The molecule has 5 N–H and O–H groups in total. The van der Waals surface area contributed by atoms with Crippen LogP contribution in [0.4, 0.5) is 0 Å². The molecule has 0 bridgehead atoms. The molecular formula is C4H10N2O. The predicted octanol–water partition coefficient (Wildman–Crippen LogP) is -0.307. The van der Waals surface area contributed by atoms with Crippen LogP contribution in [0.5, 0.6) is 0 Å². The van der Waals surface area contributed by atoms with Crippen molar-refractivity contribution >= 4 is 0 Å². The Hall–Kier alpha value is -0.700. The molecule has 0 atom stereocenters. The van der Waals surface area contributed by atoms with Crippen molar-refractivity contribution in [1.29, 1.82) is 0 Å².